The van der Waals surface area contributed by atoms with Crippen LogP contribution in [0, 0.1) is 6.92 Å². The van der Waals surface area contributed by atoms with Crippen molar-refractivity contribution < 1.29 is 9.53 Å². The minimum Gasteiger partial charge on any atom is -0.491 e. The number of anilines is 3. The van der Waals surface area contributed by atoms with Gasteiger partial charge in [0.15, 0.2) is 5.82 Å². The first-order valence-electron chi connectivity index (χ1n) is 12.7. The van der Waals surface area contributed by atoms with Gasteiger partial charge in [-0.25, -0.2) is 15.0 Å². The number of pyridine rings is 1. The van der Waals surface area contributed by atoms with Crippen molar-refractivity contribution in [1.29, 1.82) is 0 Å². The van der Waals surface area contributed by atoms with E-state index in [0.29, 0.717) is 40.7 Å². The molecule has 1 amide bonds. The molecule has 198 valence electrons. The lowest BCUT2D eigenvalue weighted by atomic mass is 10.1. The standard InChI is InChI=1S/C27H28N10O2/c1-16(2)39-20-8-9-29-21(14-20)31-26(38)19-6-4-18(5-7-19)23-24-25(28)30-10-11-37(24)27(32-23)35-12-13-36-17(3)33-34-22(36)15-35/h4-11,14,16H,12-13,15H2,1-3H3,(H2,28,30)(H,29,31,38). The molecule has 0 bridgehead atoms. The monoisotopic (exact) mass is 524 g/mol. The summed E-state index contributed by atoms with van der Waals surface area (Å²) in [5, 5.41) is 11.3. The number of ether oxygens (including phenoxy) is 1. The molecule has 5 heterocycles. The van der Waals surface area contributed by atoms with Crippen LogP contribution in [-0.2, 0) is 13.1 Å². The molecule has 1 aliphatic heterocycles. The first-order valence-corrected chi connectivity index (χ1v) is 12.7. The number of carbonyl (C=O) groups excluding carboxylic acids is 1. The Bertz CT molecular complexity index is 1670. The number of hydrogen-bond acceptors (Lipinski definition) is 9. The normalized spacial score (nSPS) is 13.1. The van der Waals surface area contributed by atoms with Crippen molar-refractivity contribution in [2.45, 2.75) is 40.0 Å². The Morgan fingerprint density at radius 3 is 2.69 bits per heavy atom. The van der Waals surface area contributed by atoms with Gasteiger partial charge in [0.1, 0.15) is 34.4 Å². The molecule has 0 radical (unpaired) electrons. The van der Waals surface area contributed by atoms with Crippen molar-refractivity contribution in [2.24, 2.45) is 0 Å². The summed E-state index contributed by atoms with van der Waals surface area (Å²) < 4.78 is 9.76. The van der Waals surface area contributed by atoms with Gasteiger partial charge in [-0.05, 0) is 39.0 Å². The highest BCUT2D eigenvalue weighted by Crippen LogP contribution is 2.32. The molecule has 0 unspecified atom stereocenters. The van der Waals surface area contributed by atoms with E-state index in [4.69, 9.17) is 15.5 Å². The van der Waals surface area contributed by atoms with Crippen LogP contribution in [0.5, 0.6) is 5.75 Å². The lowest BCUT2D eigenvalue weighted by molar-refractivity contribution is 0.102. The number of carbonyl (C=O) groups is 1. The first-order chi connectivity index (χ1) is 18.9. The molecular formula is C27H28N10O2. The van der Waals surface area contributed by atoms with Gasteiger partial charge < -0.3 is 25.3 Å². The highest BCUT2D eigenvalue weighted by molar-refractivity contribution is 6.04. The van der Waals surface area contributed by atoms with Crippen molar-refractivity contribution in [3.05, 3.63) is 72.2 Å². The molecule has 3 N–H and O–H groups in total. The third-order valence-electron chi connectivity index (χ3n) is 6.55. The van der Waals surface area contributed by atoms with E-state index in [1.807, 2.05) is 43.5 Å². The van der Waals surface area contributed by atoms with Crippen molar-refractivity contribution in [3.63, 3.8) is 0 Å². The number of nitrogens with two attached hydrogens (primary N) is 1. The molecule has 0 atom stereocenters. The molecule has 1 aromatic carbocycles. The summed E-state index contributed by atoms with van der Waals surface area (Å²) >= 11 is 0. The van der Waals surface area contributed by atoms with Crippen LogP contribution >= 0.6 is 0 Å². The third-order valence-corrected chi connectivity index (χ3v) is 6.55. The van der Waals surface area contributed by atoms with Gasteiger partial charge in [0.2, 0.25) is 5.95 Å². The SMILES string of the molecule is Cc1nnc2n1CCN(c1nc(-c3ccc(C(=O)Nc4cc(OC(C)C)ccn4)cc3)c3c(N)nccn13)C2. The molecule has 4 aromatic heterocycles. The molecule has 39 heavy (non-hydrogen) atoms. The number of hydrogen-bond donors (Lipinski definition) is 2. The number of rotatable bonds is 6. The smallest absolute Gasteiger partial charge is 0.256 e. The Morgan fingerprint density at radius 1 is 1.08 bits per heavy atom. The molecular weight excluding hydrogens is 496 g/mol. The van der Waals surface area contributed by atoms with Crippen molar-refractivity contribution in [2.75, 3.05) is 22.5 Å². The maximum absolute atomic E-state index is 12.9. The molecule has 12 nitrogen and oxygen atoms in total. The Hall–Kier alpha value is -5.00. The van der Waals surface area contributed by atoms with Crippen LogP contribution in [0.3, 0.4) is 0 Å². The highest BCUT2D eigenvalue weighted by Gasteiger charge is 2.25. The van der Waals surface area contributed by atoms with Crippen LogP contribution in [0.15, 0.2) is 55.0 Å². The Morgan fingerprint density at radius 2 is 1.90 bits per heavy atom. The summed E-state index contributed by atoms with van der Waals surface area (Å²) in [6.07, 6.45) is 5.14. The summed E-state index contributed by atoms with van der Waals surface area (Å²) in [4.78, 5) is 28.6. The summed E-state index contributed by atoms with van der Waals surface area (Å²) in [5.41, 5.74) is 9.02. The van der Waals surface area contributed by atoms with Crippen molar-refractivity contribution >= 4 is 29.0 Å². The number of nitrogens with zero attached hydrogens (tertiary/aromatic N) is 8. The van der Waals surface area contributed by atoms with E-state index in [9.17, 15) is 4.79 Å². The van der Waals surface area contributed by atoms with Gasteiger partial charge in [-0.15, -0.1) is 10.2 Å². The third kappa shape index (κ3) is 4.60. The molecule has 0 saturated heterocycles. The molecule has 5 aromatic rings. The van der Waals surface area contributed by atoms with Gasteiger partial charge >= 0.3 is 0 Å². The summed E-state index contributed by atoms with van der Waals surface area (Å²) in [7, 11) is 0. The fourth-order valence-corrected chi connectivity index (χ4v) is 4.74. The quantitative estimate of drug-likeness (QED) is 0.342. The fourth-order valence-electron chi connectivity index (χ4n) is 4.74. The van der Waals surface area contributed by atoms with Crippen molar-refractivity contribution in [3.8, 4) is 17.0 Å². The number of imidazole rings is 1. The van der Waals surface area contributed by atoms with E-state index in [1.165, 1.54) is 0 Å². The Labute approximate surface area is 224 Å². The zero-order valence-corrected chi connectivity index (χ0v) is 21.9. The average Bonchev–Trinajstić information content (AvgIpc) is 3.50. The minimum absolute atomic E-state index is 0.0200. The molecule has 0 spiro atoms. The van der Waals surface area contributed by atoms with Crippen LogP contribution in [0.4, 0.5) is 17.6 Å². The van der Waals surface area contributed by atoms with Gasteiger partial charge in [0.05, 0.1) is 12.6 Å². The number of aromatic nitrogens is 7. The number of nitrogens with one attached hydrogen (secondary N) is 1. The van der Waals surface area contributed by atoms with Crippen LogP contribution in [0.2, 0.25) is 0 Å². The van der Waals surface area contributed by atoms with Crippen molar-refractivity contribution in [1.82, 2.24) is 34.1 Å². The number of aryl methyl sites for hydroxylation is 1. The lowest BCUT2D eigenvalue weighted by Crippen LogP contribution is -2.35. The summed E-state index contributed by atoms with van der Waals surface area (Å²) in [5.74, 6) is 3.70. The predicted molar refractivity (Wildman–Crippen MR) is 147 cm³/mol. The van der Waals surface area contributed by atoms with Crippen LogP contribution in [0.25, 0.3) is 16.8 Å². The van der Waals surface area contributed by atoms with Gasteiger partial charge in [0.25, 0.3) is 5.91 Å². The van der Waals surface area contributed by atoms with Gasteiger partial charge in [0, 0.05) is 48.9 Å². The second-order valence-electron chi connectivity index (χ2n) is 9.60. The van der Waals surface area contributed by atoms with Gasteiger partial charge in [-0.3, -0.25) is 9.20 Å². The Balaban J connectivity index is 1.28. The lowest BCUT2D eigenvalue weighted by Gasteiger charge is -2.27. The molecule has 1 aliphatic rings. The summed E-state index contributed by atoms with van der Waals surface area (Å²) in [6, 6.07) is 10.7. The van der Waals surface area contributed by atoms with E-state index in [-0.39, 0.29) is 12.0 Å². The second-order valence-corrected chi connectivity index (χ2v) is 9.60. The zero-order valence-electron chi connectivity index (χ0n) is 21.9. The van der Waals surface area contributed by atoms with Crippen LogP contribution in [0.1, 0.15) is 35.9 Å². The van der Waals surface area contributed by atoms with E-state index in [0.717, 1.165) is 36.3 Å². The highest BCUT2D eigenvalue weighted by atomic mass is 16.5. The molecule has 6 rings (SSSR count). The summed E-state index contributed by atoms with van der Waals surface area (Å²) in [6.45, 7) is 7.94. The van der Waals surface area contributed by atoms with E-state index >= 15 is 0 Å². The Kier molecular flexibility index (Phi) is 6.06. The van der Waals surface area contributed by atoms with E-state index in [1.54, 1.807) is 36.7 Å². The molecule has 0 saturated carbocycles. The topological polar surface area (TPSA) is 141 Å². The molecule has 12 heteroatoms. The fraction of sp³-hybridized carbons (Fsp3) is 0.259. The van der Waals surface area contributed by atoms with E-state index < -0.39 is 0 Å². The maximum atomic E-state index is 12.9. The first kappa shape index (κ1) is 24.3. The molecule has 0 fully saturated rings. The predicted octanol–water partition coefficient (Wildman–Crippen LogP) is 3.33. The number of amides is 1. The second kappa shape index (κ2) is 9.71. The number of benzene rings is 1. The van der Waals surface area contributed by atoms with Crippen LogP contribution in [-0.4, -0.2) is 52.7 Å². The van der Waals surface area contributed by atoms with Gasteiger partial charge in [-0.2, -0.15) is 0 Å². The largest absolute Gasteiger partial charge is 0.491 e. The number of nitrogen functional groups attached to an aromatic ring is 1. The van der Waals surface area contributed by atoms with E-state index in [2.05, 4.69) is 34.9 Å². The average molecular weight is 525 g/mol. The van der Waals surface area contributed by atoms with Gasteiger partial charge in [-0.1, -0.05) is 12.1 Å². The maximum Gasteiger partial charge on any atom is 0.256 e. The minimum atomic E-state index is -0.278. The molecule has 0 aliphatic carbocycles. The zero-order chi connectivity index (χ0) is 27.1. The number of fused-ring (bicyclic) bond motifs is 2. The van der Waals surface area contributed by atoms with Crippen LogP contribution < -0.4 is 20.7 Å².